The molecule has 3 nitrogen and oxygen atoms in total. The summed E-state index contributed by atoms with van der Waals surface area (Å²) in [6.07, 6.45) is 1.73. The summed E-state index contributed by atoms with van der Waals surface area (Å²) < 4.78 is 13.1. The number of halogens is 2. The van der Waals surface area contributed by atoms with Crippen LogP contribution in [-0.2, 0) is 6.54 Å². The SMILES string of the molecule is C=CCOc1c(Br)cc(Br)cc1CNc1ccc(OCC)cc1. The van der Waals surface area contributed by atoms with Gasteiger partial charge in [0.1, 0.15) is 18.1 Å². The maximum atomic E-state index is 5.77. The highest BCUT2D eigenvalue weighted by molar-refractivity contribution is 9.11. The molecule has 2 aromatic carbocycles. The van der Waals surface area contributed by atoms with Gasteiger partial charge < -0.3 is 14.8 Å². The van der Waals surface area contributed by atoms with Crippen molar-refractivity contribution in [2.24, 2.45) is 0 Å². The van der Waals surface area contributed by atoms with E-state index in [-0.39, 0.29) is 0 Å². The topological polar surface area (TPSA) is 30.5 Å². The highest BCUT2D eigenvalue weighted by atomic mass is 79.9. The zero-order valence-electron chi connectivity index (χ0n) is 12.9. The summed E-state index contributed by atoms with van der Waals surface area (Å²) >= 11 is 7.07. The van der Waals surface area contributed by atoms with Crippen molar-refractivity contribution in [3.63, 3.8) is 0 Å². The Hall–Kier alpha value is -1.46. The average molecular weight is 441 g/mol. The predicted octanol–water partition coefficient (Wildman–Crippen LogP) is 5.79. The van der Waals surface area contributed by atoms with Crippen LogP contribution in [0.1, 0.15) is 12.5 Å². The zero-order chi connectivity index (χ0) is 16.7. The van der Waals surface area contributed by atoms with Gasteiger partial charge >= 0.3 is 0 Å². The highest BCUT2D eigenvalue weighted by Gasteiger charge is 2.10. The molecule has 0 radical (unpaired) electrons. The van der Waals surface area contributed by atoms with Gasteiger partial charge in [0, 0.05) is 22.3 Å². The molecule has 0 aromatic heterocycles. The fraction of sp³-hybridized carbons (Fsp3) is 0.222. The fourth-order valence-corrected chi connectivity index (χ4v) is 3.51. The van der Waals surface area contributed by atoms with Crippen LogP contribution in [0.3, 0.4) is 0 Å². The number of hydrogen-bond donors (Lipinski definition) is 1. The smallest absolute Gasteiger partial charge is 0.139 e. The first kappa shape index (κ1) is 17.9. The highest BCUT2D eigenvalue weighted by Crippen LogP contribution is 2.33. The van der Waals surface area contributed by atoms with E-state index in [9.17, 15) is 0 Å². The third-order valence-electron chi connectivity index (χ3n) is 3.08. The van der Waals surface area contributed by atoms with Crippen LogP contribution >= 0.6 is 31.9 Å². The van der Waals surface area contributed by atoms with Gasteiger partial charge in [-0.15, -0.1) is 0 Å². The molecule has 0 heterocycles. The van der Waals surface area contributed by atoms with Crippen molar-refractivity contribution >= 4 is 37.5 Å². The maximum absolute atomic E-state index is 5.77. The first-order valence-electron chi connectivity index (χ1n) is 7.32. The Morgan fingerprint density at radius 3 is 2.52 bits per heavy atom. The van der Waals surface area contributed by atoms with Gasteiger partial charge in [0.05, 0.1) is 11.1 Å². The van der Waals surface area contributed by atoms with E-state index in [1.165, 1.54) is 0 Å². The zero-order valence-corrected chi connectivity index (χ0v) is 16.1. The monoisotopic (exact) mass is 439 g/mol. The molecule has 1 N–H and O–H groups in total. The number of ether oxygens (including phenoxy) is 2. The van der Waals surface area contributed by atoms with Gasteiger partial charge in [-0.3, -0.25) is 0 Å². The summed E-state index contributed by atoms with van der Waals surface area (Å²) in [4.78, 5) is 0. The van der Waals surface area contributed by atoms with E-state index in [1.807, 2.05) is 43.3 Å². The fourth-order valence-electron chi connectivity index (χ4n) is 2.08. The number of rotatable bonds is 8. The Balaban J connectivity index is 2.10. The van der Waals surface area contributed by atoms with Crippen LogP contribution < -0.4 is 14.8 Å². The molecule has 0 atom stereocenters. The lowest BCUT2D eigenvalue weighted by Crippen LogP contribution is -2.04. The van der Waals surface area contributed by atoms with Crippen molar-refractivity contribution in [3.05, 3.63) is 63.6 Å². The van der Waals surface area contributed by atoms with Gasteiger partial charge in [0.25, 0.3) is 0 Å². The Kier molecular flexibility index (Phi) is 6.99. The number of anilines is 1. The quantitative estimate of drug-likeness (QED) is 0.527. The summed E-state index contributed by atoms with van der Waals surface area (Å²) in [5.74, 6) is 1.70. The van der Waals surface area contributed by atoms with E-state index in [2.05, 4.69) is 43.8 Å². The lowest BCUT2D eigenvalue weighted by atomic mass is 10.2. The van der Waals surface area contributed by atoms with E-state index >= 15 is 0 Å². The van der Waals surface area contributed by atoms with Gasteiger partial charge in [-0.1, -0.05) is 28.6 Å². The largest absolute Gasteiger partial charge is 0.494 e. The molecule has 0 amide bonds. The second-order valence-electron chi connectivity index (χ2n) is 4.79. The third-order valence-corrected chi connectivity index (χ3v) is 4.13. The van der Waals surface area contributed by atoms with Crippen molar-refractivity contribution < 1.29 is 9.47 Å². The van der Waals surface area contributed by atoms with E-state index < -0.39 is 0 Å². The van der Waals surface area contributed by atoms with Crippen molar-refractivity contribution in [1.29, 1.82) is 0 Å². The Morgan fingerprint density at radius 1 is 1.13 bits per heavy atom. The second-order valence-corrected chi connectivity index (χ2v) is 6.56. The van der Waals surface area contributed by atoms with Crippen LogP contribution in [0.5, 0.6) is 11.5 Å². The molecule has 0 aliphatic rings. The summed E-state index contributed by atoms with van der Waals surface area (Å²) in [6, 6.07) is 11.9. The summed E-state index contributed by atoms with van der Waals surface area (Å²) in [6.45, 7) is 7.46. The normalized spacial score (nSPS) is 10.2. The molecule has 0 aliphatic heterocycles. The van der Waals surface area contributed by atoms with Gasteiger partial charge in [-0.05, 0) is 59.3 Å². The molecular weight excluding hydrogens is 422 g/mol. The summed E-state index contributed by atoms with van der Waals surface area (Å²) in [5, 5.41) is 3.40. The van der Waals surface area contributed by atoms with Gasteiger partial charge in [-0.25, -0.2) is 0 Å². The minimum absolute atomic E-state index is 0.469. The maximum Gasteiger partial charge on any atom is 0.139 e. The van der Waals surface area contributed by atoms with Crippen LogP contribution in [0.4, 0.5) is 5.69 Å². The molecule has 0 saturated heterocycles. The van der Waals surface area contributed by atoms with Gasteiger partial charge in [0.15, 0.2) is 0 Å². The van der Waals surface area contributed by atoms with Crippen LogP contribution in [0.15, 0.2) is 58.0 Å². The molecular formula is C18H19Br2NO2. The molecule has 0 spiro atoms. The Morgan fingerprint density at radius 2 is 1.87 bits per heavy atom. The van der Waals surface area contributed by atoms with E-state index in [0.29, 0.717) is 19.8 Å². The minimum atomic E-state index is 0.469. The van der Waals surface area contributed by atoms with E-state index in [1.54, 1.807) is 6.08 Å². The summed E-state index contributed by atoms with van der Waals surface area (Å²) in [5.41, 5.74) is 2.08. The van der Waals surface area contributed by atoms with Crippen molar-refractivity contribution in [2.45, 2.75) is 13.5 Å². The molecule has 23 heavy (non-hydrogen) atoms. The first-order chi connectivity index (χ1) is 11.1. The van der Waals surface area contributed by atoms with Crippen LogP contribution in [0.2, 0.25) is 0 Å². The second kappa shape index (κ2) is 8.99. The molecule has 122 valence electrons. The minimum Gasteiger partial charge on any atom is -0.494 e. The number of hydrogen-bond acceptors (Lipinski definition) is 3. The van der Waals surface area contributed by atoms with Crippen molar-refractivity contribution in [3.8, 4) is 11.5 Å². The number of benzene rings is 2. The molecule has 5 heteroatoms. The molecule has 0 saturated carbocycles. The standard InChI is InChI=1S/C18H19Br2NO2/c1-3-9-23-18-13(10-14(19)11-17(18)20)12-21-15-5-7-16(8-6-15)22-4-2/h3,5-8,10-11,21H,1,4,9,12H2,2H3. The average Bonchev–Trinajstić information content (AvgIpc) is 2.53. The van der Waals surface area contributed by atoms with E-state index in [4.69, 9.17) is 9.47 Å². The van der Waals surface area contributed by atoms with Gasteiger partial charge in [-0.2, -0.15) is 0 Å². The lowest BCUT2D eigenvalue weighted by Gasteiger charge is -2.14. The van der Waals surface area contributed by atoms with Crippen molar-refractivity contribution in [2.75, 3.05) is 18.5 Å². The van der Waals surface area contributed by atoms with Gasteiger partial charge in [0.2, 0.25) is 0 Å². The van der Waals surface area contributed by atoms with E-state index in [0.717, 1.165) is 31.7 Å². The number of nitrogens with one attached hydrogen (secondary N) is 1. The molecule has 0 aliphatic carbocycles. The molecule has 0 bridgehead atoms. The Labute approximate surface area is 154 Å². The lowest BCUT2D eigenvalue weighted by molar-refractivity contribution is 0.340. The van der Waals surface area contributed by atoms with Crippen LogP contribution in [0, 0.1) is 0 Å². The van der Waals surface area contributed by atoms with Crippen LogP contribution in [-0.4, -0.2) is 13.2 Å². The molecule has 2 rings (SSSR count). The first-order valence-corrected chi connectivity index (χ1v) is 8.91. The predicted molar refractivity (Wildman–Crippen MR) is 102 cm³/mol. The van der Waals surface area contributed by atoms with Crippen LogP contribution in [0.25, 0.3) is 0 Å². The van der Waals surface area contributed by atoms with Crippen molar-refractivity contribution in [1.82, 2.24) is 0 Å². The summed E-state index contributed by atoms with van der Waals surface area (Å²) in [7, 11) is 0. The Bertz CT molecular complexity index is 657. The third kappa shape index (κ3) is 5.29. The molecule has 2 aromatic rings. The molecule has 0 unspecified atom stereocenters. The molecule has 0 fully saturated rings.